The van der Waals surface area contributed by atoms with E-state index >= 15 is 0 Å². The lowest BCUT2D eigenvalue weighted by Gasteiger charge is -2.19. The molecule has 2 aromatic heterocycles. The Morgan fingerprint density at radius 3 is 2.52 bits per heavy atom. The van der Waals surface area contributed by atoms with E-state index in [1.165, 1.54) is 10.4 Å². The monoisotopic (exact) mass is 379 g/mol. The van der Waals surface area contributed by atoms with Gasteiger partial charge < -0.3 is 5.32 Å². The highest BCUT2D eigenvalue weighted by Crippen LogP contribution is 2.27. The molecule has 4 nitrogen and oxygen atoms in total. The van der Waals surface area contributed by atoms with Crippen molar-refractivity contribution >= 4 is 17.2 Å². The van der Waals surface area contributed by atoms with Crippen LogP contribution in [-0.4, -0.2) is 22.4 Å². The smallest absolute Gasteiger partial charge is 0.251 e. The molecule has 0 spiro atoms. The van der Waals surface area contributed by atoms with Crippen molar-refractivity contribution in [3.63, 3.8) is 0 Å². The summed E-state index contributed by atoms with van der Waals surface area (Å²) >= 11 is 1.66. The summed E-state index contributed by atoms with van der Waals surface area (Å²) in [6, 6.07) is 11.8. The number of hydrogen-bond donors (Lipinski definition) is 1. The van der Waals surface area contributed by atoms with Crippen LogP contribution in [-0.2, 0) is 11.8 Å². The molecule has 0 fully saturated rings. The molecule has 0 radical (unpaired) electrons. The van der Waals surface area contributed by atoms with E-state index < -0.39 is 0 Å². The van der Waals surface area contributed by atoms with Crippen molar-refractivity contribution in [3.8, 4) is 10.6 Å². The summed E-state index contributed by atoms with van der Waals surface area (Å²) < 4.78 is 0. The van der Waals surface area contributed by atoms with Crippen LogP contribution < -0.4 is 5.32 Å². The Bertz CT molecular complexity index is 909. The van der Waals surface area contributed by atoms with Gasteiger partial charge in [-0.1, -0.05) is 32.9 Å². The lowest BCUT2D eigenvalue weighted by Crippen LogP contribution is -2.25. The molecule has 3 aromatic rings. The fraction of sp³-hybridized carbons (Fsp3) is 0.318. The van der Waals surface area contributed by atoms with Crippen molar-refractivity contribution in [2.75, 3.05) is 6.54 Å². The number of thiazole rings is 1. The number of aryl methyl sites for hydroxylation is 1. The SMILES string of the molecule is Cc1nc(-c2cccnc2)sc1CCNC(=O)c1ccc(C(C)(C)C)cc1. The molecule has 0 saturated heterocycles. The molecule has 1 N–H and O–H groups in total. The van der Waals surface area contributed by atoms with Crippen LogP contribution in [0.2, 0.25) is 0 Å². The van der Waals surface area contributed by atoms with Gasteiger partial charge in [0.2, 0.25) is 0 Å². The van der Waals surface area contributed by atoms with Crippen LogP contribution in [0.25, 0.3) is 10.6 Å². The summed E-state index contributed by atoms with van der Waals surface area (Å²) in [5, 5.41) is 3.98. The minimum Gasteiger partial charge on any atom is -0.352 e. The van der Waals surface area contributed by atoms with Crippen molar-refractivity contribution < 1.29 is 4.79 Å². The normalized spacial score (nSPS) is 11.4. The minimum absolute atomic E-state index is 0.0369. The molecule has 27 heavy (non-hydrogen) atoms. The average Bonchev–Trinajstić information content (AvgIpc) is 3.02. The molecule has 2 heterocycles. The number of nitrogens with one attached hydrogen (secondary N) is 1. The van der Waals surface area contributed by atoms with E-state index in [-0.39, 0.29) is 11.3 Å². The second-order valence-electron chi connectivity index (χ2n) is 7.60. The van der Waals surface area contributed by atoms with Crippen molar-refractivity contribution in [2.45, 2.75) is 39.5 Å². The van der Waals surface area contributed by atoms with Gasteiger partial charge in [-0.2, -0.15) is 0 Å². The first-order valence-corrected chi connectivity index (χ1v) is 9.91. The Labute approximate surface area is 164 Å². The van der Waals surface area contributed by atoms with Crippen LogP contribution in [0, 0.1) is 6.92 Å². The van der Waals surface area contributed by atoms with Crippen LogP contribution in [0.15, 0.2) is 48.8 Å². The topological polar surface area (TPSA) is 54.9 Å². The van der Waals surface area contributed by atoms with E-state index in [0.717, 1.165) is 22.7 Å². The molecule has 0 aliphatic rings. The number of pyridine rings is 1. The summed E-state index contributed by atoms with van der Waals surface area (Å²) in [6.07, 6.45) is 4.36. The first-order valence-electron chi connectivity index (χ1n) is 9.10. The molecular formula is C22H25N3OS. The number of carbonyl (C=O) groups excluding carboxylic acids is 1. The van der Waals surface area contributed by atoms with Gasteiger partial charge in [0.15, 0.2) is 0 Å². The highest BCUT2D eigenvalue weighted by Gasteiger charge is 2.14. The highest BCUT2D eigenvalue weighted by atomic mass is 32.1. The molecule has 0 aliphatic heterocycles. The minimum atomic E-state index is -0.0369. The fourth-order valence-corrected chi connectivity index (χ4v) is 3.84. The van der Waals surface area contributed by atoms with E-state index in [9.17, 15) is 4.79 Å². The molecule has 1 amide bonds. The Kier molecular flexibility index (Phi) is 5.71. The zero-order valence-electron chi connectivity index (χ0n) is 16.2. The Morgan fingerprint density at radius 1 is 1.15 bits per heavy atom. The first kappa shape index (κ1) is 19.2. The molecule has 0 unspecified atom stereocenters. The van der Waals surface area contributed by atoms with E-state index in [0.29, 0.717) is 12.1 Å². The maximum atomic E-state index is 12.4. The van der Waals surface area contributed by atoms with Gasteiger partial charge in [-0.05, 0) is 42.2 Å². The van der Waals surface area contributed by atoms with E-state index in [2.05, 4.69) is 36.1 Å². The maximum Gasteiger partial charge on any atom is 0.251 e. The third kappa shape index (κ3) is 4.80. The fourth-order valence-electron chi connectivity index (χ4n) is 2.79. The first-order chi connectivity index (χ1) is 12.8. The summed E-state index contributed by atoms with van der Waals surface area (Å²) in [4.78, 5) is 22.4. The summed E-state index contributed by atoms with van der Waals surface area (Å²) in [7, 11) is 0. The maximum absolute atomic E-state index is 12.4. The number of nitrogens with zero attached hydrogens (tertiary/aromatic N) is 2. The third-order valence-electron chi connectivity index (χ3n) is 4.45. The van der Waals surface area contributed by atoms with Gasteiger partial charge in [-0.15, -0.1) is 11.3 Å². The second-order valence-corrected chi connectivity index (χ2v) is 8.69. The van der Waals surface area contributed by atoms with Gasteiger partial charge >= 0.3 is 0 Å². The Morgan fingerprint density at radius 2 is 1.89 bits per heavy atom. The van der Waals surface area contributed by atoms with E-state index in [1.807, 2.05) is 49.5 Å². The van der Waals surface area contributed by atoms with Gasteiger partial charge in [-0.25, -0.2) is 4.98 Å². The van der Waals surface area contributed by atoms with Gasteiger partial charge in [0, 0.05) is 41.4 Å². The number of benzene rings is 1. The van der Waals surface area contributed by atoms with E-state index in [4.69, 9.17) is 0 Å². The number of aromatic nitrogens is 2. The van der Waals surface area contributed by atoms with Crippen molar-refractivity contribution in [2.24, 2.45) is 0 Å². The molecule has 0 aliphatic carbocycles. The van der Waals surface area contributed by atoms with E-state index in [1.54, 1.807) is 17.5 Å². The molecule has 3 rings (SSSR count). The standard InChI is InChI=1S/C22H25N3OS/c1-15-19(27-21(25-15)17-6-5-12-23-14-17)11-13-24-20(26)16-7-9-18(10-8-16)22(2,3)4/h5-10,12,14H,11,13H2,1-4H3,(H,24,26). The molecular weight excluding hydrogens is 354 g/mol. The molecule has 0 atom stereocenters. The zero-order valence-corrected chi connectivity index (χ0v) is 17.1. The van der Waals surface area contributed by atoms with Crippen LogP contribution in [0.1, 0.15) is 47.3 Å². The third-order valence-corrected chi connectivity index (χ3v) is 5.72. The van der Waals surface area contributed by atoms with Gasteiger partial charge in [0.05, 0.1) is 5.69 Å². The number of amides is 1. The van der Waals surface area contributed by atoms with Crippen LogP contribution in [0.3, 0.4) is 0 Å². The lowest BCUT2D eigenvalue weighted by molar-refractivity contribution is 0.0954. The quantitative estimate of drug-likeness (QED) is 0.694. The van der Waals surface area contributed by atoms with Crippen molar-refractivity contribution in [1.82, 2.24) is 15.3 Å². The van der Waals surface area contributed by atoms with Crippen LogP contribution in [0.5, 0.6) is 0 Å². The average molecular weight is 380 g/mol. The largest absolute Gasteiger partial charge is 0.352 e. The summed E-state index contributed by atoms with van der Waals surface area (Å²) in [5.41, 5.74) is 4.05. The molecule has 5 heteroatoms. The predicted octanol–water partition coefficient (Wildman–Crippen LogP) is 4.78. The highest BCUT2D eigenvalue weighted by molar-refractivity contribution is 7.15. The Balaban J connectivity index is 1.58. The number of rotatable bonds is 5. The summed E-state index contributed by atoms with van der Waals surface area (Å²) in [6.45, 7) is 9.10. The lowest BCUT2D eigenvalue weighted by atomic mass is 9.87. The van der Waals surface area contributed by atoms with Gasteiger partial charge in [0.1, 0.15) is 5.01 Å². The van der Waals surface area contributed by atoms with Gasteiger partial charge in [0.25, 0.3) is 5.91 Å². The summed E-state index contributed by atoms with van der Waals surface area (Å²) in [5.74, 6) is -0.0369. The molecule has 1 aromatic carbocycles. The van der Waals surface area contributed by atoms with Crippen molar-refractivity contribution in [3.05, 3.63) is 70.5 Å². The second kappa shape index (κ2) is 8.01. The number of carbonyl (C=O) groups is 1. The number of hydrogen-bond acceptors (Lipinski definition) is 4. The predicted molar refractivity (Wildman–Crippen MR) is 111 cm³/mol. The van der Waals surface area contributed by atoms with Crippen LogP contribution in [0.4, 0.5) is 0 Å². The van der Waals surface area contributed by atoms with Crippen LogP contribution >= 0.6 is 11.3 Å². The molecule has 0 saturated carbocycles. The molecule has 140 valence electrons. The zero-order chi connectivity index (χ0) is 19.4. The molecule has 0 bridgehead atoms. The van der Waals surface area contributed by atoms with Gasteiger partial charge in [-0.3, -0.25) is 9.78 Å². The van der Waals surface area contributed by atoms with Crippen molar-refractivity contribution in [1.29, 1.82) is 0 Å². The Hall–Kier alpha value is -2.53.